The fourth-order valence-corrected chi connectivity index (χ4v) is 1.18. The van der Waals surface area contributed by atoms with Gasteiger partial charge in [-0.05, 0) is 19.1 Å². The molecule has 0 amide bonds. The number of benzene rings is 1. The van der Waals surface area contributed by atoms with Crippen molar-refractivity contribution in [2.45, 2.75) is 6.92 Å². The minimum absolute atomic E-state index is 0.102. The topological polar surface area (TPSA) is 63.3 Å². The second-order valence-corrected chi connectivity index (χ2v) is 4.45. The fraction of sp³-hybridized carbons (Fsp3) is 0.333. The lowest BCUT2D eigenvalue weighted by atomic mass is 10.2. The van der Waals surface area contributed by atoms with Crippen molar-refractivity contribution >= 4 is 10.1 Å². The molecule has 0 aliphatic rings. The van der Waals surface area contributed by atoms with Crippen LogP contribution in [0.4, 0.5) is 0 Å². The molecule has 0 N–H and O–H groups in total. The Morgan fingerprint density at radius 2 is 1.79 bits per heavy atom. The first-order valence-electron chi connectivity index (χ1n) is 4.10. The van der Waals surface area contributed by atoms with E-state index in [0.717, 1.165) is 5.56 Å². The molecular formula is C9H11O4S. The molecular weight excluding hydrogens is 204 g/mol. The Hall–Kier alpha value is -1.07. The molecule has 1 aromatic rings. The highest BCUT2D eigenvalue weighted by molar-refractivity contribution is 7.85. The van der Waals surface area contributed by atoms with Crippen molar-refractivity contribution in [3.63, 3.8) is 0 Å². The summed E-state index contributed by atoms with van der Waals surface area (Å²) >= 11 is 0. The summed E-state index contributed by atoms with van der Waals surface area (Å²) in [6.45, 7) is 1.83. The summed E-state index contributed by atoms with van der Waals surface area (Å²) < 4.78 is 35.8. The summed E-state index contributed by atoms with van der Waals surface area (Å²) in [5, 5.41) is 0. The third kappa shape index (κ3) is 4.25. The fourth-order valence-electron chi connectivity index (χ4n) is 0.896. The predicted molar refractivity (Wildman–Crippen MR) is 51.1 cm³/mol. The first-order chi connectivity index (χ1) is 6.47. The third-order valence-electron chi connectivity index (χ3n) is 1.62. The van der Waals surface area contributed by atoms with Crippen molar-refractivity contribution in [1.82, 2.24) is 0 Å². The van der Waals surface area contributed by atoms with E-state index in [0.29, 0.717) is 5.75 Å². The Balaban J connectivity index is 2.43. The van der Waals surface area contributed by atoms with Gasteiger partial charge in [-0.1, -0.05) is 22.2 Å². The molecule has 1 radical (unpaired) electrons. The van der Waals surface area contributed by atoms with Crippen LogP contribution in [0.25, 0.3) is 0 Å². The average molecular weight is 215 g/mol. The van der Waals surface area contributed by atoms with Gasteiger partial charge in [0.25, 0.3) is 10.1 Å². The van der Waals surface area contributed by atoms with Crippen molar-refractivity contribution in [2.75, 3.05) is 12.4 Å². The Bertz CT molecular complexity index is 380. The van der Waals surface area contributed by atoms with Crippen LogP contribution in [0.1, 0.15) is 5.56 Å². The van der Waals surface area contributed by atoms with Crippen molar-refractivity contribution in [3.05, 3.63) is 29.8 Å². The lowest BCUT2D eigenvalue weighted by Crippen LogP contribution is -2.11. The smallest absolute Gasteiger partial charge is 0.297 e. The predicted octanol–water partition coefficient (Wildman–Crippen LogP) is 1.13. The van der Waals surface area contributed by atoms with Gasteiger partial charge in [0.1, 0.15) is 18.1 Å². The maximum absolute atomic E-state index is 10.2. The molecule has 0 saturated carbocycles. The maximum Gasteiger partial charge on any atom is 0.297 e. The molecule has 1 aromatic carbocycles. The van der Waals surface area contributed by atoms with E-state index in [9.17, 15) is 13.0 Å². The molecule has 0 atom stereocenters. The molecule has 0 aliphatic carbocycles. The summed E-state index contributed by atoms with van der Waals surface area (Å²) in [6, 6.07) is 7.15. The van der Waals surface area contributed by atoms with Gasteiger partial charge in [0.05, 0.1) is 0 Å². The molecule has 0 fully saturated rings. The van der Waals surface area contributed by atoms with Crippen LogP contribution in [0.2, 0.25) is 0 Å². The molecule has 0 spiro atoms. The maximum atomic E-state index is 10.2. The number of hydrogen-bond acceptors (Lipinski definition) is 3. The summed E-state index contributed by atoms with van der Waals surface area (Å²) in [7, 11) is -4.18. The standard InChI is InChI=1S/C9H11O4S/c1-8-2-4-9(5-3-8)13-6-7-14(10,11)12/h2-5H,6-7H2,1H3. The second kappa shape index (κ2) is 4.43. The molecule has 0 unspecified atom stereocenters. The van der Waals surface area contributed by atoms with Gasteiger partial charge in [-0.25, -0.2) is 0 Å². The second-order valence-electron chi connectivity index (χ2n) is 2.92. The van der Waals surface area contributed by atoms with Crippen molar-refractivity contribution < 1.29 is 17.7 Å². The Morgan fingerprint density at radius 3 is 2.29 bits per heavy atom. The largest absolute Gasteiger partial charge is 0.492 e. The summed E-state index contributed by atoms with van der Waals surface area (Å²) in [5.74, 6) is 0.0696. The Kier molecular flexibility index (Phi) is 3.49. The zero-order valence-electron chi connectivity index (χ0n) is 7.76. The van der Waals surface area contributed by atoms with Crippen LogP contribution in [0, 0.1) is 6.92 Å². The van der Waals surface area contributed by atoms with Crippen LogP contribution in [0.15, 0.2) is 24.3 Å². The van der Waals surface area contributed by atoms with Crippen molar-refractivity contribution in [2.24, 2.45) is 0 Å². The molecule has 4 nitrogen and oxygen atoms in total. The van der Waals surface area contributed by atoms with E-state index in [1.54, 1.807) is 12.1 Å². The zero-order chi connectivity index (χ0) is 10.6. The summed E-state index contributed by atoms with van der Waals surface area (Å²) in [4.78, 5) is 0. The van der Waals surface area contributed by atoms with E-state index < -0.39 is 15.9 Å². The molecule has 0 saturated heterocycles. The van der Waals surface area contributed by atoms with Crippen molar-refractivity contribution in [1.29, 1.82) is 0 Å². The normalized spacial score (nSPS) is 11.3. The molecule has 5 heteroatoms. The molecule has 1 rings (SSSR count). The van der Waals surface area contributed by atoms with Gasteiger partial charge < -0.3 is 4.74 Å². The van der Waals surface area contributed by atoms with E-state index >= 15 is 0 Å². The SMILES string of the molecule is Cc1ccc(OCCS([O])(=O)=O)cc1. The van der Waals surface area contributed by atoms with Crippen LogP contribution in [0.5, 0.6) is 5.75 Å². The van der Waals surface area contributed by atoms with Gasteiger partial charge in [-0.2, -0.15) is 8.42 Å². The first-order valence-corrected chi connectivity index (χ1v) is 5.68. The quantitative estimate of drug-likeness (QED) is 0.756. The molecule has 14 heavy (non-hydrogen) atoms. The number of hydrogen-bond donors (Lipinski definition) is 0. The van der Waals surface area contributed by atoms with E-state index in [-0.39, 0.29) is 6.61 Å². The van der Waals surface area contributed by atoms with E-state index in [2.05, 4.69) is 0 Å². The lowest BCUT2D eigenvalue weighted by Gasteiger charge is -2.03. The third-order valence-corrected chi connectivity index (χ3v) is 2.29. The highest BCUT2D eigenvalue weighted by Crippen LogP contribution is 2.11. The molecule has 0 aromatic heterocycles. The highest BCUT2D eigenvalue weighted by Gasteiger charge is 2.06. The number of rotatable bonds is 4. The highest BCUT2D eigenvalue weighted by atomic mass is 32.2. The average Bonchev–Trinajstić information content (AvgIpc) is 2.06. The first kappa shape index (κ1) is 11.0. The van der Waals surface area contributed by atoms with Crippen LogP contribution >= 0.6 is 0 Å². The van der Waals surface area contributed by atoms with E-state index in [4.69, 9.17) is 4.74 Å². The van der Waals surface area contributed by atoms with Crippen LogP contribution in [-0.2, 0) is 14.7 Å². The Morgan fingerprint density at radius 1 is 1.21 bits per heavy atom. The van der Waals surface area contributed by atoms with Gasteiger partial charge in [-0.3, -0.25) is 0 Å². The van der Waals surface area contributed by atoms with E-state index in [1.165, 1.54) is 0 Å². The van der Waals surface area contributed by atoms with Crippen molar-refractivity contribution in [3.8, 4) is 5.75 Å². The zero-order valence-corrected chi connectivity index (χ0v) is 8.58. The van der Waals surface area contributed by atoms with Crippen LogP contribution in [0.3, 0.4) is 0 Å². The van der Waals surface area contributed by atoms with Crippen LogP contribution < -0.4 is 4.74 Å². The van der Waals surface area contributed by atoms with Gasteiger partial charge in [0, 0.05) is 0 Å². The summed E-state index contributed by atoms with van der Waals surface area (Å²) in [6.07, 6.45) is 0. The minimum Gasteiger partial charge on any atom is -0.492 e. The van der Waals surface area contributed by atoms with E-state index in [1.807, 2.05) is 19.1 Å². The van der Waals surface area contributed by atoms with Crippen LogP contribution in [-0.4, -0.2) is 20.8 Å². The molecule has 0 aliphatic heterocycles. The Labute approximate surface area is 83.3 Å². The summed E-state index contributed by atoms with van der Waals surface area (Å²) in [5.41, 5.74) is 1.09. The molecule has 77 valence electrons. The molecule has 0 heterocycles. The number of aryl methyl sites for hydroxylation is 1. The van der Waals surface area contributed by atoms with Gasteiger partial charge in [-0.15, -0.1) is 0 Å². The lowest BCUT2D eigenvalue weighted by molar-refractivity contribution is 0.330. The molecule has 0 bridgehead atoms. The van der Waals surface area contributed by atoms with Gasteiger partial charge >= 0.3 is 0 Å². The van der Waals surface area contributed by atoms with Gasteiger partial charge in [0.2, 0.25) is 0 Å². The minimum atomic E-state index is -4.18. The van der Waals surface area contributed by atoms with Gasteiger partial charge in [0.15, 0.2) is 0 Å². The number of ether oxygens (including phenoxy) is 1. The monoisotopic (exact) mass is 215 g/mol.